The third-order valence-corrected chi connectivity index (χ3v) is 15.3. The first-order valence-corrected chi connectivity index (χ1v) is 23.0. The average Bonchev–Trinajstić information content (AvgIpc) is 3.47. The van der Waals surface area contributed by atoms with Crippen LogP contribution in [-0.4, -0.2) is 79.4 Å². The molecule has 0 aliphatic heterocycles. The molecular formula is C40H55N5O10SSi. The number of nitrogens with one attached hydrogen (secondary N) is 1. The van der Waals surface area contributed by atoms with Crippen molar-refractivity contribution in [1.29, 1.82) is 0 Å². The van der Waals surface area contributed by atoms with E-state index in [1.165, 1.54) is 27.8 Å². The molecule has 0 radical (unpaired) electrons. The highest BCUT2D eigenvalue weighted by molar-refractivity contribution is 7.92. The van der Waals surface area contributed by atoms with E-state index in [9.17, 15) is 28.1 Å². The van der Waals surface area contributed by atoms with Crippen molar-refractivity contribution in [2.75, 3.05) is 24.4 Å². The molecule has 0 fully saturated rings. The van der Waals surface area contributed by atoms with Gasteiger partial charge in [-0.1, -0.05) is 39.0 Å². The van der Waals surface area contributed by atoms with Crippen molar-refractivity contribution in [3.05, 3.63) is 88.1 Å². The second kappa shape index (κ2) is 18.1. The Kier molecular flexibility index (Phi) is 14.2. The number of hydrogen-bond donors (Lipinski definition) is 1. The van der Waals surface area contributed by atoms with E-state index in [0.717, 1.165) is 29.6 Å². The molecule has 1 N–H and O–H groups in total. The first-order chi connectivity index (χ1) is 26.6. The van der Waals surface area contributed by atoms with Crippen molar-refractivity contribution in [1.82, 2.24) is 14.7 Å². The molecule has 310 valence electrons. The molecule has 57 heavy (non-hydrogen) atoms. The summed E-state index contributed by atoms with van der Waals surface area (Å²) >= 11 is 0. The summed E-state index contributed by atoms with van der Waals surface area (Å²) < 4.78 is 55.1. The van der Waals surface area contributed by atoms with E-state index in [1.807, 2.05) is 12.1 Å². The Labute approximate surface area is 336 Å². The van der Waals surface area contributed by atoms with Crippen molar-refractivity contribution >= 4 is 52.8 Å². The zero-order valence-electron chi connectivity index (χ0n) is 34.5. The van der Waals surface area contributed by atoms with Gasteiger partial charge in [0.25, 0.3) is 15.7 Å². The SMILES string of the molecule is CC[Si](CC)(CC)OC(CN(CCOc1ccc2c(C)nn(C(=O)OC(C)(C)C)c2c1)C(=O)OC(C)(C)C)c1cccc(NS(=O)(=O)c2cccc([N+](=O)[O-])c2)c1. The molecule has 1 atom stereocenters. The number of sulfonamides is 1. The Morgan fingerprint density at radius 2 is 1.58 bits per heavy atom. The van der Waals surface area contributed by atoms with Gasteiger partial charge >= 0.3 is 12.2 Å². The number of aromatic nitrogens is 2. The van der Waals surface area contributed by atoms with Crippen LogP contribution in [0.4, 0.5) is 21.0 Å². The van der Waals surface area contributed by atoms with Crippen LogP contribution in [0.3, 0.4) is 0 Å². The molecule has 4 aromatic rings. The summed E-state index contributed by atoms with van der Waals surface area (Å²) in [6.45, 7) is 18.9. The lowest BCUT2D eigenvalue weighted by molar-refractivity contribution is -0.385. The number of benzene rings is 3. The predicted molar refractivity (Wildman–Crippen MR) is 221 cm³/mol. The summed E-state index contributed by atoms with van der Waals surface area (Å²) in [6, 6.07) is 19.2. The molecule has 1 unspecified atom stereocenters. The Balaban J connectivity index is 1.65. The zero-order chi connectivity index (χ0) is 42.3. The number of nitro groups is 1. The van der Waals surface area contributed by atoms with Crippen LogP contribution in [0.1, 0.15) is 79.7 Å². The number of hydrogen-bond acceptors (Lipinski definition) is 11. The van der Waals surface area contributed by atoms with Gasteiger partial charge in [-0.3, -0.25) is 14.8 Å². The number of amides is 1. The van der Waals surface area contributed by atoms with E-state index in [4.69, 9.17) is 18.6 Å². The Morgan fingerprint density at radius 1 is 0.930 bits per heavy atom. The lowest BCUT2D eigenvalue weighted by Crippen LogP contribution is -2.45. The largest absolute Gasteiger partial charge is 0.492 e. The summed E-state index contributed by atoms with van der Waals surface area (Å²) in [5.74, 6) is 0.447. The number of carbonyl (C=O) groups excluding carboxylic acids is 2. The van der Waals surface area contributed by atoms with Gasteiger partial charge in [0.1, 0.15) is 23.6 Å². The molecule has 1 heterocycles. The molecule has 1 aromatic heterocycles. The lowest BCUT2D eigenvalue weighted by atomic mass is 10.1. The maximum Gasteiger partial charge on any atom is 0.435 e. The number of ether oxygens (including phenoxy) is 3. The maximum atomic E-state index is 13.8. The van der Waals surface area contributed by atoms with Crippen LogP contribution >= 0.6 is 0 Å². The lowest BCUT2D eigenvalue weighted by Gasteiger charge is -2.36. The first-order valence-electron chi connectivity index (χ1n) is 19.0. The minimum Gasteiger partial charge on any atom is -0.492 e. The third-order valence-electron chi connectivity index (χ3n) is 9.25. The number of anilines is 1. The molecule has 0 bridgehead atoms. The van der Waals surface area contributed by atoms with Crippen LogP contribution < -0.4 is 9.46 Å². The highest BCUT2D eigenvalue weighted by Crippen LogP contribution is 2.33. The topological polar surface area (TPSA) is 181 Å². The maximum absolute atomic E-state index is 13.8. The molecule has 4 rings (SSSR count). The summed E-state index contributed by atoms with van der Waals surface area (Å²) in [5.41, 5.74) is 0.110. The second-order valence-corrected chi connectivity index (χ2v) is 22.2. The number of rotatable bonds is 16. The fraction of sp³-hybridized carbons (Fsp3) is 0.475. The molecule has 1 amide bonds. The zero-order valence-corrected chi connectivity index (χ0v) is 36.3. The summed E-state index contributed by atoms with van der Waals surface area (Å²) in [4.78, 5) is 38.8. The number of nitro benzene ring substituents is 1. The number of non-ortho nitro benzene ring substituents is 1. The van der Waals surface area contributed by atoms with Gasteiger partial charge in [-0.15, -0.1) is 0 Å². The van der Waals surface area contributed by atoms with Crippen molar-refractivity contribution in [3.63, 3.8) is 0 Å². The third kappa shape index (κ3) is 12.0. The normalized spacial score (nSPS) is 12.9. The second-order valence-electron chi connectivity index (χ2n) is 15.8. The summed E-state index contributed by atoms with van der Waals surface area (Å²) in [6.07, 6.45) is -1.89. The van der Waals surface area contributed by atoms with E-state index >= 15 is 0 Å². The van der Waals surface area contributed by atoms with Crippen LogP contribution in [0.2, 0.25) is 18.1 Å². The Morgan fingerprint density at radius 3 is 2.19 bits per heavy atom. The highest BCUT2D eigenvalue weighted by Gasteiger charge is 2.35. The van der Waals surface area contributed by atoms with E-state index in [-0.39, 0.29) is 36.0 Å². The highest BCUT2D eigenvalue weighted by atomic mass is 32.2. The van der Waals surface area contributed by atoms with Crippen molar-refractivity contribution in [2.45, 2.75) is 110 Å². The van der Waals surface area contributed by atoms with E-state index in [2.05, 4.69) is 30.6 Å². The molecule has 15 nitrogen and oxygen atoms in total. The number of aryl methyl sites for hydroxylation is 1. The fourth-order valence-corrected chi connectivity index (χ4v) is 10.0. The Hall–Kier alpha value is -5.00. The van der Waals surface area contributed by atoms with Gasteiger partial charge in [0.2, 0.25) is 0 Å². The first kappa shape index (κ1) is 44.7. The number of carbonyl (C=O) groups is 2. The molecule has 0 aliphatic rings. The van der Waals surface area contributed by atoms with E-state index in [0.29, 0.717) is 22.5 Å². The molecule has 0 saturated carbocycles. The van der Waals surface area contributed by atoms with Crippen molar-refractivity contribution in [3.8, 4) is 5.75 Å². The van der Waals surface area contributed by atoms with Crippen LogP contribution in [0, 0.1) is 17.0 Å². The number of nitrogens with zero attached hydrogens (tertiary/aromatic N) is 4. The van der Waals surface area contributed by atoms with Gasteiger partial charge in [0.05, 0.1) is 40.2 Å². The van der Waals surface area contributed by atoms with Crippen molar-refractivity contribution in [2.24, 2.45) is 0 Å². The molecule has 0 saturated heterocycles. The molecule has 0 spiro atoms. The van der Waals surface area contributed by atoms with Crippen LogP contribution in [0.5, 0.6) is 5.75 Å². The van der Waals surface area contributed by atoms with E-state index < -0.39 is 52.8 Å². The minimum atomic E-state index is -4.20. The van der Waals surface area contributed by atoms with Crippen LogP contribution in [0.25, 0.3) is 10.9 Å². The quantitative estimate of drug-likeness (QED) is 0.0646. The summed E-state index contributed by atoms with van der Waals surface area (Å²) in [5, 5.41) is 16.5. The standard InChI is InChI=1S/C40H55N5O10SSi/c1-11-57(12-2,13-3)55-36(29-16-14-17-30(24-29)42-56(50,51)33-19-15-18-31(25-33)45(48)49)27-43(37(46)53-39(5,6)7)22-23-52-32-20-21-34-28(4)41-44(35(34)26-32)38(47)54-40(8,9)10/h14-21,24-26,36,42H,11-13,22-23,27H2,1-10H3. The summed E-state index contributed by atoms with van der Waals surface area (Å²) in [7, 11) is -6.55. The van der Waals surface area contributed by atoms with Gasteiger partial charge in [0, 0.05) is 29.3 Å². The smallest absolute Gasteiger partial charge is 0.435 e. The minimum absolute atomic E-state index is 0.0533. The van der Waals surface area contributed by atoms with Gasteiger partial charge in [-0.25, -0.2) is 18.0 Å². The molecular weight excluding hydrogens is 771 g/mol. The fourth-order valence-electron chi connectivity index (χ4n) is 6.14. The molecule has 3 aromatic carbocycles. The van der Waals surface area contributed by atoms with Gasteiger partial charge < -0.3 is 23.5 Å². The van der Waals surface area contributed by atoms with Crippen molar-refractivity contribution < 1.29 is 41.6 Å². The number of fused-ring (bicyclic) bond motifs is 1. The van der Waals surface area contributed by atoms with Gasteiger partial charge in [-0.2, -0.15) is 9.78 Å². The van der Waals surface area contributed by atoms with E-state index in [1.54, 1.807) is 78.8 Å². The van der Waals surface area contributed by atoms with Gasteiger partial charge in [0.15, 0.2) is 8.32 Å². The monoisotopic (exact) mass is 825 g/mol. The Bertz CT molecular complexity index is 2170. The predicted octanol–water partition coefficient (Wildman–Crippen LogP) is 9.22. The average molecular weight is 826 g/mol. The molecule has 17 heteroatoms. The van der Waals surface area contributed by atoms with Crippen LogP contribution in [-0.2, 0) is 23.9 Å². The van der Waals surface area contributed by atoms with Crippen LogP contribution in [0.15, 0.2) is 71.6 Å². The molecule has 0 aliphatic carbocycles. The van der Waals surface area contributed by atoms with Gasteiger partial charge in [-0.05, 0) is 102 Å².